The number of hydrogen-bond donors (Lipinski definition) is 0. The van der Waals surface area contributed by atoms with E-state index in [1.54, 1.807) is 4.90 Å². The molecule has 0 radical (unpaired) electrons. The fraction of sp³-hybridized carbons (Fsp3) is 0.391. The Morgan fingerprint density at radius 3 is 2.71 bits per heavy atom. The number of anilines is 1. The molecule has 0 unspecified atom stereocenters. The van der Waals surface area contributed by atoms with E-state index in [0.717, 1.165) is 47.4 Å². The van der Waals surface area contributed by atoms with Crippen molar-refractivity contribution in [3.8, 4) is 0 Å². The lowest BCUT2D eigenvalue weighted by atomic mass is 10.1. The van der Waals surface area contributed by atoms with Crippen LogP contribution in [-0.2, 0) is 4.74 Å². The molecule has 0 bridgehead atoms. The number of ether oxygens (including phenoxy) is 1. The molecule has 1 amide bonds. The van der Waals surface area contributed by atoms with E-state index in [-0.39, 0.29) is 34.6 Å². The summed E-state index contributed by atoms with van der Waals surface area (Å²) < 4.78 is 6.40. The molecule has 182 valence electrons. The SMILES string of the molecule is Cc1ccc2sc(N(CCCN3CCOCC3)C(=O)c3cc([N+](=O)[O-])ccc3Cl)nc2c1C.Cl. The molecule has 4 rings (SSSR count). The second-order valence-corrected chi connectivity index (χ2v) is 9.45. The molecule has 1 fully saturated rings. The maximum absolute atomic E-state index is 13.6. The van der Waals surface area contributed by atoms with E-state index in [9.17, 15) is 14.9 Å². The summed E-state index contributed by atoms with van der Waals surface area (Å²) in [6, 6.07) is 7.98. The number of halogens is 2. The second-order valence-electron chi connectivity index (χ2n) is 8.04. The Morgan fingerprint density at radius 1 is 1.26 bits per heavy atom. The van der Waals surface area contributed by atoms with Gasteiger partial charge in [0, 0.05) is 38.3 Å². The molecule has 2 aromatic carbocycles. The molecule has 0 saturated carbocycles. The molecule has 1 aliphatic rings. The van der Waals surface area contributed by atoms with Gasteiger partial charge in [0.25, 0.3) is 11.6 Å². The number of aromatic nitrogens is 1. The summed E-state index contributed by atoms with van der Waals surface area (Å²) in [5, 5.41) is 12.0. The lowest BCUT2D eigenvalue weighted by Crippen LogP contribution is -2.39. The fourth-order valence-corrected chi connectivity index (χ4v) is 5.08. The molecule has 11 heteroatoms. The van der Waals surface area contributed by atoms with Gasteiger partial charge in [-0.25, -0.2) is 4.98 Å². The van der Waals surface area contributed by atoms with Crippen LogP contribution in [0.5, 0.6) is 0 Å². The summed E-state index contributed by atoms with van der Waals surface area (Å²) in [6.07, 6.45) is 0.728. The highest BCUT2D eigenvalue weighted by atomic mass is 35.5. The molecule has 1 aliphatic heterocycles. The molecule has 0 N–H and O–H groups in total. The van der Waals surface area contributed by atoms with E-state index >= 15 is 0 Å². The number of morpholine rings is 1. The summed E-state index contributed by atoms with van der Waals surface area (Å²) in [7, 11) is 0. The summed E-state index contributed by atoms with van der Waals surface area (Å²) in [4.78, 5) is 33.0. The number of nitro benzene ring substituents is 1. The van der Waals surface area contributed by atoms with Gasteiger partial charge < -0.3 is 4.74 Å². The standard InChI is InChI=1S/C23H25ClN4O4S.ClH/c1-15-4-7-20-21(16(15)2)25-23(33-20)27(9-3-8-26-10-12-32-13-11-26)22(29)18-14-17(28(30)31)5-6-19(18)24;/h4-7,14H,3,8-13H2,1-2H3;1H. The largest absolute Gasteiger partial charge is 0.379 e. The number of carbonyl (C=O) groups excluding carboxylic acids is 1. The monoisotopic (exact) mass is 524 g/mol. The number of fused-ring (bicyclic) bond motifs is 1. The van der Waals surface area contributed by atoms with Gasteiger partial charge in [0.15, 0.2) is 5.13 Å². The van der Waals surface area contributed by atoms with Crippen LogP contribution in [-0.4, -0.2) is 60.1 Å². The smallest absolute Gasteiger partial charge is 0.270 e. The Kier molecular flexibility index (Phi) is 8.83. The molecule has 1 saturated heterocycles. The van der Waals surface area contributed by atoms with Crippen molar-refractivity contribution in [3.05, 3.63) is 62.2 Å². The Morgan fingerprint density at radius 2 is 2.00 bits per heavy atom. The van der Waals surface area contributed by atoms with Gasteiger partial charge in [-0.1, -0.05) is 29.0 Å². The van der Waals surface area contributed by atoms with Gasteiger partial charge in [-0.2, -0.15) is 0 Å². The van der Waals surface area contributed by atoms with Crippen molar-refractivity contribution in [1.29, 1.82) is 0 Å². The molecular weight excluding hydrogens is 499 g/mol. The number of thiazole rings is 1. The van der Waals surface area contributed by atoms with Crippen LogP contribution in [0.3, 0.4) is 0 Å². The van der Waals surface area contributed by atoms with Gasteiger partial charge >= 0.3 is 0 Å². The van der Waals surface area contributed by atoms with Crippen molar-refractivity contribution in [1.82, 2.24) is 9.88 Å². The van der Waals surface area contributed by atoms with Gasteiger partial charge in [0.1, 0.15) is 0 Å². The zero-order chi connectivity index (χ0) is 23.5. The first-order chi connectivity index (χ1) is 15.8. The van der Waals surface area contributed by atoms with E-state index in [1.165, 1.54) is 29.5 Å². The molecule has 0 aliphatic carbocycles. The molecule has 34 heavy (non-hydrogen) atoms. The highest BCUT2D eigenvalue weighted by molar-refractivity contribution is 7.22. The van der Waals surface area contributed by atoms with E-state index in [2.05, 4.69) is 4.90 Å². The van der Waals surface area contributed by atoms with E-state index in [4.69, 9.17) is 21.3 Å². The van der Waals surface area contributed by atoms with Crippen molar-refractivity contribution in [2.45, 2.75) is 20.3 Å². The van der Waals surface area contributed by atoms with Crippen LogP contribution in [0.1, 0.15) is 27.9 Å². The number of amides is 1. The first kappa shape index (κ1) is 26.3. The number of aryl methyl sites for hydroxylation is 2. The van der Waals surface area contributed by atoms with Crippen LogP contribution in [0.15, 0.2) is 30.3 Å². The van der Waals surface area contributed by atoms with Crippen LogP contribution in [0, 0.1) is 24.0 Å². The Bertz CT molecular complexity index is 1200. The number of non-ortho nitro benzene ring substituents is 1. The predicted octanol–water partition coefficient (Wildman–Crippen LogP) is 5.27. The molecule has 1 aromatic heterocycles. The van der Waals surface area contributed by atoms with Gasteiger partial charge in [-0.3, -0.25) is 24.7 Å². The van der Waals surface area contributed by atoms with Crippen molar-refractivity contribution in [2.24, 2.45) is 0 Å². The molecule has 2 heterocycles. The topological polar surface area (TPSA) is 88.8 Å². The van der Waals surface area contributed by atoms with Crippen molar-refractivity contribution < 1.29 is 14.5 Å². The zero-order valence-electron chi connectivity index (χ0n) is 19.0. The third-order valence-electron chi connectivity index (χ3n) is 5.90. The quantitative estimate of drug-likeness (QED) is 0.309. The van der Waals surface area contributed by atoms with Crippen molar-refractivity contribution in [3.63, 3.8) is 0 Å². The summed E-state index contributed by atoms with van der Waals surface area (Å²) >= 11 is 7.74. The molecule has 0 spiro atoms. The van der Waals surface area contributed by atoms with Crippen molar-refractivity contribution >= 4 is 62.3 Å². The van der Waals surface area contributed by atoms with Crippen LogP contribution in [0.2, 0.25) is 5.02 Å². The highest BCUT2D eigenvalue weighted by Crippen LogP contribution is 2.34. The van der Waals surface area contributed by atoms with Crippen molar-refractivity contribution in [2.75, 3.05) is 44.3 Å². The first-order valence-corrected chi connectivity index (χ1v) is 12.0. The van der Waals surface area contributed by atoms with E-state index < -0.39 is 4.92 Å². The van der Waals surface area contributed by atoms with Crippen LogP contribution >= 0.6 is 35.3 Å². The van der Waals surface area contributed by atoms with Crippen LogP contribution in [0.4, 0.5) is 10.8 Å². The zero-order valence-corrected chi connectivity index (χ0v) is 21.3. The first-order valence-electron chi connectivity index (χ1n) is 10.8. The molecule has 3 aromatic rings. The van der Waals surface area contributed by atoms with Crippen LogP contribution in [0.25, 0.3) is 10.2 Å². The maximum atomic E-state index is 13.6. The molecular formula is C23H26Cl2N4O4S. The summed E-state index contributed by atoms with van der Waals surface area (Å²) in [6.45, 7) is 8.44. The predicted molar refractivity (Wildman–Crippen MR) is 138 cm³/mol. The average molecular weight is 525 g/mol. The molecule has 8 nitrogen and oxygen atoms in total. The van der Waals surface area contributed by atoms with Gasteiger partial charge in [-0.15, -0.1) is 12.4 Å². The minimum atomic E-state index is -0.528. The highest BCUT2D eigenvalue weighted by Gasteiger charge is 2.26. The van der Waals surface area contributed by atoms with Crippen LogP contribution < -0.4 is 4.90 Å². The Balaban J connectivity index is 0.00000324. The minimum absolute atomic E-state index is 0. The number of nitrogens with zero attached hydrogens (tertiary/aromatic N) is 4. The maximum Gasteiger partial charge on any atom is 0.270 e. The van der Waals surface area contributed by atoms with Gasteiger partial charge in [0.05, 0.1) is 38.9 Å². The second kappa shape index (κ2) is 11.4. The minimum Gasteiger partial charge on any atom is -0.379 e. The van der Waals surface area contributed by atoms with Gasteiger partial charge in [0.2, 0.25) is 0 Å². The third-order valence-corrected chi connectivity index (χ3v) is 7.27. The number of rotatable bonds is 7. The number of benzene rings is 2. The lowest BCUT2D eigenvalue weighted by Gasteiger charge is -2.27. The normalized spacial score (nSPS) is 14.1. The lowest BCUT2D eigenvalue weighted by molar-refractivity contribution is -0.384. The Hall–Kier alpha value is -2.30. The van der Waals surface area contributed by atoms with E-state index in [1.807, 2.05) is 26.0 Å². The third kappa shape index (κ3) is 5.67. The Labute approximate surface area is 213 Å². The summed E-state index contributed by atoms with van der Waals surface area (Å²) in [5.74, 6) is -0.390. The average Bonchev–Trinajstić information content (AvgIpc) is 3.24. The fourth-order valence-electron chi connectivity index (χ4n) is 3.83. The molecule has 0 atom stereocenters. The van der Waals surface area contributed by atoms with Gasteiger partial charge in [-0.05, 0) is 43.5 Å². The summed E-state index contributed by atoms with van der Waals surface area (Å²) in [5.41, 5.74) is 3.00. The number of carbonyl (C=O) groups is 1. The van der Waals surface area contributed by atoms with E-state index in [0.29, 0.717) is 24.9 Å². The number of hydrogen-bond acceptors (Lipinski definition) is 7. The number of nitro groups is 1.